The summed E-state index contributed by atoms with van der Waals surface area (Å²) < 4.78 is 4.95. The maximum atomic E-state index is 11.8. The molecule has 1 N–H and O–H groups in total. The average Bonchev–Trinajstić information content (AvgIpc) is 2.54. The lowest BCUT2D eigenvalue weighted by Crippen LogP contribution is -2.40. The lowest BCUT2D eigenvalue weighted by atomic mass is 9.81. The minimum atomic E-state index is -0.847. The highest BCUT2D eigenvalue weighted by Gasteiger charge is 2.48. The van der Waals surface area contributed by atoms with Crippen LogP contribution in [0.2, 0.25) is 0 Å². The van der Waals surface area contributed by atoms with E-state index < -0.39 is 17.5 Å². The fraction of sp³-hybridized carbons (Fsp3) is 0.818. The van der Waals surface area contributed by atoms with E-state index in [1.807, 2.05) is 6.92 Å². The summed E-state index contributed by atoms with van der Waals surface area (Å²) in [6.07, 6.45) is -0.511. The molecule has 0 spiro atoms. The molecule has 3 atom stereocenters. The Morgan fingerprint density at radius 3 is 2.50 bits per heavy atom. The summed E-state index contributed by atoms with van der Waals surface area (Å²) in [6.45, 7) is 5.96. The van der Waals surface area contributed by atoms with Gasteiger partial charge in [0.05, 0.1) is 5.41 Å². The molecule has 92 valence electrons. The minimum Gasteiger partial charge on any atom is -0.481 e. The first kappa shape index (κ1) is 13.0. The number of aliphatic carboxylic acids is 1. The van der Waals surface area contributed by atoms with Gasteiger partial charge in [0.2, 0.25) is 0 Å². The smallest absolute Gasteiger partial charge is 0.311 e. The Morgan fingerprint density at radius 1 is 1.56 bits per heavy atom. The molecule has 1 unspecified atom stereocenters. The largest absolute Gasteiger partial charge is 0.481 e. The summed E-state index contributed by atoms with van der Waals surface area (Å²) >= 11 is 0. The minimum absolute atomic E-state index is 0.0435. The van der Waals surface area contributed by atoms with Gasteiger partial charge in [-0.3, -0.25) is 9.59 Å². The quantitative estimate of drug-likeness (QED) is 0.769. The van der Waals surface area contributed by atoms with E-state index in [0.717, 1.165) is 0 Å². The van der Waals surface area contributed by atoms with Crippen LogP contribution in [0.1, 0.15) is 20.8 Å². The van der Waals surface area contributed by atoms with Gasteiger partial charge in [-0.2, -0.15) is 0 Å². The van der Waals surface area contributed by atoms with Crippen LogP contribution in [0.3, 0.4) is 0 Å². The van der Waals surface area contributed by atoms with Gasteiger partial charge in [0.15, 0.2) is 0 Å². The number of carbonyl (C=O) groups is 2. The van der Waals surface area contributed by atoms with E-state index in [9.17, 15) is 9.59 Å². The number of nitrogens with zero attached hydrogens (tertiary/aromatic N) is 1. The van der Waals surface area contributed by atoms with E-state index in [1.165, 1.54) is 7.11 Å². The van der Waals surface area contributed by atoms with E-state index in [4.69, 9.17) is 9.84 Å². The number of carboxylic acid groups (broad SMARTS) is 1. The van der Waals surface area contributed by atoms with Gasteiger partial charge in [-0.15, -0.1) is 0 Å². The van der Waals surface area contributed by atoms with Crippen molar-refractivity contribution in [3.63, 3.8) is 0 Å². The van der Waals surface area contributed by atoms with Gasteiger partial charge in [-0.1, -0.05) is 6.92 Å². The fourth-order valence-corrected chi connectivity index (χ4v) is 1.95. The zero-order chi connectivity index (χ0) is 12.5. The topological polar surface area (TPSA) is 66.8 Å². The number of ether oxygens (including phenoxy) is 1. The number of likely N-dealkylation sites (tertiary alicyclic amines) is 1. The first-order chi connectivity index (χ1) is 7.32. The lowest BCUT2D eigenvalue weighted by Gasteiger charge is -2.23. The average molecular weight is 229 g/mol. The van der Waals surface area contributed by atoms with E-state index in [0.29, 0.717) is 6.54 Å². The van der Waals surface area contributed by atoms with Crippen molar-refractivity contribution in [2.75, 3.05) is 20.2 Å². The first-order valence-corrected chi connectivity index (χ1v) is 5.38. The van der Waals surface area contributed by atoms with Crippen LogP contribution in [-0.4, -0.2) is 48.2 Å². The molecule has 0 radical (unpaired) electrons. The molecular weight excluding hydrogens is 210 g/mol. The molecule has 0 bridgehead atoms. The molecule has 0 aromatic heterocycles. The molecule has 1 amide bonds. The number of hydrogen-bond acceptors (Lipinski definition) is 3. The zero-order valence-corrected chi connectivity index (χ0v) is 10.2. The van der Waals surface area contributed by atoms with Crippen LogP contribution in [0.25, 0.3) is 0 Å². The van der Waals surface area contributed by atoms with Gasteiger partial charge in [-0.05, 0) is 19.8 Å². The van der Waals surface area contributed by atoms with Crippen LogP contribution in [0.5, 0.6) is 0 Å². The highest BCUT2D eigenvalue weighted by molar-refractivity contribution is 5.83. The third-order valence-corrected chi connectivity index (χ3v) is 3.60. The van der Waals surface area contributed by atoms with Crippen LogP contribution in [-0.2, 0) is 14.3 Å². The molecule has 5 heteroatoms. The van der Waals surface area contributed by atoms with Gasteiger partial charge in [0.25, 0.3) is 5.91 Å². The molecule has 1 rings (SSSR count). The van der Waals surface area contributed by atoms with Crippen molar-refractivity contribution in [1.29, 1.82) is 0 Å². The predicted molar refractivity (Wildman–Crippen MR) is 58.0 cm³/mol. The van der Waals surface area contributed by atoms with E-state index in [2.05, 4.69) is 0 Å². The summed E-state index contributed by atoms with van der Waals surface area (Å²) in [7, 11) is 1.47. The van der Waals surface area contributed by atoms with Crippen LogP contribution in [0.4, 0.5) is 0 Å². The molecule has 0 saturated carbocycles. The van der Waals surface area contributed by atoms with Crippen molar-refractivity contribution in [3.05, 3.63) is 0 Å². The molecule has 1 heterocycles. The molecular formula is C11H19NO4. The number of hydrogen-bond donors (Lipinski definition) is 1. The van der Waals surface area contributed by atoms with Crippen LogP contribution < -0.4 is 0 Å². The molecule has 5 nitrogen and oxygen atoms in total. The fourth-order valence-electron chi connectivity index (χ4n) is 1.95. The molecule has 1 saturated heterocycles. The molecule has 0 aromatic carbocycles. The molecule has 1 fully saturated rings. The van der Waals surface area contributed by atoms with Gasteiger partial charge < -0.3 is 14.7 Å². The highest BCUT2D eigenvalue weighted by Crippen LogP contribution is 2.35. The first-order valence-electron chi connectivity index (χ1n) is 5.38. The van der Waals surface area contributed by atoms with Crippen molar-refractivity contribution in [2.24, 2.45) is 11.3 Å². The Balaban J connectivity index is 2.77. The SMILES string of the molecule is COC(C)C(=O)N1C[C@@H](C)[C@](C)(C(=O)O)C1. The van der Waals surface area contributed by atoms with Gasteiger partial charge in [-0.25, -0.2) is 0 Å². The van der Waals surface area contributed by atoms with E-state index in [-0.39, 0.29) is 18.4 Å². The Kier molecular flexibility index (Phi) is 3.57. The van der Waals surface area contributed by atoms with Gasteiger partial charge >= 0.3 is 5.97 Å². The second-order valence-corrected chi connectivity index (χ2v) is 4.72. The zero-order valence-electron chi connectivity index (χ0n) is 10.2. The monoisotopic (exact) mass is 229 g/mol. The molecule has 1 aliphatic heterocycles. The Bertz CT molecular complexity index is 304. The lowest BCUT2D eigenvalue weighted by molar-refractivity contribution is -0.149. The Morgan fingerprint density at radius 2 is 2.12 bits per heavy atom. The van der Waals surface area contributed by atoms with Crippen molar-refractivity contribution in [2.45, 2.75) is 26.9 Å². The summed E-state index contributed by atoms with van der Waals surface area (Å²) in [5.41, 5.74) is -0.844. The van der Waals surface area contributed by atoms with Gasteiger partial charge in [0.1, 0.15) is 6.10 Å². The highest BCUT2D eigenvalue weighted by atomic mass is 16.5. The maximum absolute atomic E-state index is 11.8. The number of rotatable bonds is 3. The summed E-state index contributed by atoms with van der Waals surface area (Å²) in [5, 5.41) is 9.17. The standard InChI is InChI=1S/C11H19NO4/c1-7-5-12(9(13)8(2)16-4)6-11(7,3)10(14)15/h7-8H,5-6H2,1-4H3,(H,14,15)/t7-,8?,11-/m1/s1. The molecule has 16 heavy (non-hydrogen) atoms. The summed E-state index contributed by atoms with van der Waals surface area (Å²) in [5.74, 6) is -1.03. The van der Waals surface area contributed by atoms with Crippen LogP contribution >= 0.6 is 0 Å². The second kappa shape index (κ2) is 4.41. The number of carboxylic acids is 1. The third-order valence-electron chi connectivity index (χ3n) is 3.60. The summed E-state index contributed by atoms with van der Waals surface area (Å²) in [4.78, 5) is 24.6. The van der Waals surface area contributed by atoms with Crippen molar-refractivity contribution in [1.82, 2.24) is 4.90 Å². The van der Waals surface area contributed by atoms with Crippen molar-refractivity contribution >= 4 is 11.9 Å². The Labute approximate surface area is 95.4 Å². The number of methoxy groups -OCH3 is 1. The molecule has 0 aliphatic carbocycles. The Hall–Kier alpha value is -1.10. The van der Waals surface area contributed by atoms with Gasteiger partial charge in [0, 0.05) is 20.2 Å². The second-order valence-electron chi connectivity index (χ2n) is 4.72. The van der Waals surface area contributed by atoms with E-state index >= 15 is 0 Å². The summed E-state index contributed by atoms with van der Waals surface area (Å²) in [6, 6.07) is 0. The molecule has 1 aliphatic rings. The van der Waals surface area contributed by atoms with Crippen LogP contribution in [0.15, 0.2) is 0 Å². The number of amides is 1. The molecule has 0 aromatic rings. The third kappa shape index (κ3) is 2.04. The normalized spacial score (nSPS) is 31.5. The van der Waals surface area contributed by atoms with Crippen LogP contribution in [0, 0.1) is 11.3 Å². The van der Waals surface area contributed by atoms with Crippen molar-refractivity contribution < 1.29 is 19.4 Å². The predicted octanol–water partition coefficient (Wildman–Crippen LogP) is 0.591. The van der Waals surface area contributed by atoms with E-state index in [1.54, 1.807) is 18.7 Å². The van der Waals surface area contributed by atoms with Crippen molar-refractivity contribution in [3.8, 4) is 0 Å². The maximum Gasteiger partial charge on any atom is 0.311 e. The number of carbonyl (C=O) groups excluding carboxylic acids is 1.